The van der Waals surface area contributed by atoms with Crippen molar-refractivity contribution in [1.82, 2.24) is 30.0 Å². The van der Waals surface area contributed by atoms with Crippen molar-refractivity contribution in [1.29, 1.82) is 0 Å². The fraction of sp³-hybridized carbons (Fsp3) is 0.647. The molecule has 1 amide bonds. The Labute approximate surface area is 152 Å². The smallest absolute Gasteiger partial charge is 0.263 e. The molecule has 0 spiro atoms. The normalized spacial score (nSPS) is 16.2. The van der Waals surface area contributed by atoms with Gasteiger partial charge in [0.15, 0.2) is 5.65 Å². The summed E-state index contributed by atoms with van der Waals surface area (Å²) >= 11 is 0. The minimum Gasteiger partial charge on any atom is -0.355 e. The second kappa shape index (κ2) is 7.06. The van der Waals surface area contributed by atoms with Gasteiger partial charge in [0.05, 0.1) is 18.3 Å². The third kappa shape index (κ3) is 3.72. The van der Waals surface area contributed by atoms with Crippen molar-refractivity contribution in [3.63, 3.8) is 0 Å². The van der Waals surface area contributed by atoms with E-state index in [1.807, 2.05) is 27.7 Å². The summed E-state index contributed by atoms with van der Waals surface area (Å²) in [5.41, 5.74) is 0.164. The Morgan fingerprint density at radius 3 is 2.58 bits per heavy atom. The number of aromatic amines is 1. The van der Waals surface area contributed by atoms with Gasteiger partial charge in [0, 0.05) is 32.7 Å². The van der Waals surface area contributed by atoms with Gasteiger partial charge < -0.3 is 10.2 Å². The predicted octanol–water partition coefficient (Wildman–Crippen LogP) is 0.133. The summed E-state index contributed by atoms with van der Waals surface area (Å²) < 4.78 is 1.78. The van der Waals surface area contributed by atoms with Gasteiger partial charge in [-0.25, -0.2) is 4.68 Å². The molecule has 2 aromatic heterocycles. The SMILES string of the molecule is CCNC(=O)CN1CCN(c2nc3c(cnn3C(C)(C)C)c(=O)[nH]2)CC1. The first kappa shape index (κ1) is 18.4. The molecule has 9 heteroatoms. The molecule has 2 N–H and O–H groups in total. The number of nitrogens with one attached hydrogen (secondary N) is 2. The number of H-pyrrole nitrogens is 1. The first-order chi connectivity index (χ1) is 12.3. The van der Waals surface area contributed by atoms with Crippen LogP contribution in [-0.4, -0.2) is 69.8 Å². The number of hydrogen-bond donors (Lipinski definition) is 2. The minimum absolute atomic E-state index is 0.0444. The molecule has 0 radical (unpaired) electrons. The molecule has 142 valence electrons. The van der Waals surface area contributed by atoms with E-state index in [1.54, 1.807) is 10.9 Å². The number of anilines is 1. The summed E-state index contributed by atoms with van der Waals surface area (Å²) in [6, 6.07) is 0. The van der Waals surface area contributed by atoms with Gasteiger partial charge in [-0.15, -0.1) is 0 Å². The summed E-state index contributed by atoms with van der Waals surface area (Å²) in [6.07, 6.45) is 1.57. The predicted molar refractivity (Wildman–Crippen MR) is 100 cm³/mol. The van der Waals surface area contributed by atoms with Crippen molar-refractivity contribution in [3.05, 3.63) is 16.6 Å². The van der Waals surface area contributed by atoms with Crippen LogP contribution in [0.3, 0.4) is 0 Å². The first-order valence-electron chi connectivity index (χ1n) is 9.02. The van der Waals surface area contributed by atoms with Gasteiger partial charge in [-0.2, -0.15) is 10.1 Å². The zero-order valence-electron chi connectivity index (χ0n) is 15.9. The molecule has 3 heterocycles. The maximum atomic E-state index is 12.4. The van der Waals surface area contributed by atoms with Crippen molar-refractivity contribution in [2.45, 2.75) is 33.2 Å². The number of nitrogens with zero attached hydrogens (tertiary/aromatic N) is 5. The van der Waals surface area contributed by atoms with Crippen LogP contribution in [0.4, 0.5) is 5.95 Å². The molecule has 0 saturated carbocycles. The van der Waals surface area contributed by atoms with E-state index >= 15 is 0 Å². The molecular formula is C17H27N7O2. The van der Waals surface area contributed by atoms with Crippen LogP contribution in [0.15, 0.2) is 11.0 Å². The van der Waals surface area contributed by atoms with E-state index < -0.39 is 0 Å². The van der Waals surface area contributed by atoms with E-state index in [-0.39, 0.29) is 17.0 Å². The van der Waals surface area contributed by atoms with Gasteiger partial charge in [0.2, 0.25) is 11.9 Å². The molecule has 1 fully saturated rings. The highest BCUT2D eigenvalue weighted by Crippen LogP contribution is 2.20. The highest BCUT2D eigenvalue weighted by atomic mass is 16.2. The molecule has 9 nitrogen and oxygen atoms in total. The monoisotopic (exact) mass is 361 g/mol. The Bertz CT molecular complexity index is 841. The standard InChI is InChI=1S/C17H27N7O2/c1-5-18-13(25)11-22-6-8-23(9-7-22)16-20-14-12(15(26)21-16)10-19-24(14)17(2,3)4/h10H,5-9,11H2,1-4H3,(H,18,25)(H,20,21,26). The maximum Gasteiger partial charge on any atom is 0.263 e. The van der Waals surface area contributed by atoms with Crippen LogP contribution < -0.4 is 15.8 Å². The van der Waals surface area contributed by atoms with E-state index in [9.17, 15) is 9.59 Å². The average Bonchev–Trinajstić information content (AvgIpc) is 3.00. The van der Waals surface area contributed by atoms with Crippen LogP contribution in [-0.2, 0) is 10.3 Å². The highest BCUT2D eigenvalue weighted by molar-refractivity contribution is 5.78. The molecule has 3 rings (SSSR count). The zero-order valence-corrected chi connectivity index (χ0v) is 15.9. The van der Waals surface area contributed by atoms with Crippen LogP contribution in [0, 0.1) is 0 Å². The number of aromatic nitrogens is 4. The van der Waals surface area contributed by atoms with E-state index in [2.05, 4.69) is 30.2 Å². The van der Waals surface area contributed by atoms with Gasteiger partial charge in [-0.3, -0.25) is 19.5 Å². The number of piperazine rings is 1. The first-order valence-corrected chi connectivity index (χ1v) is 9.02. The quantitative estimate of drug-likeness (QED) is 0.803. The molecular weight excluding hydrogens is 334 g/mol. The van der Waals surface area contributed by atoms with Crippen molar-refractivity contribution in [2.24, 2.45) is 0 Å². The molecule has 0 aromatic carbocycles. The largest absolute Gasteiger partial charge is 0.355 e. The third-order valence-electron chi connectivity index (χ3n) is 4.47. The fourth-order valence-electron chi connectivity index (χ4n) is 3.12. The molecule has 26 heavy (non-hydrogen) atoms. The summed E-state index contributed by atoms with van der Waals surface area (Å²) in [4.78, 5) is 35.8. The van der Waals surface area contributed by atoms with Crippen LogP contribution >= 0.6 is 0 Å². The van der Waals surface area contributed by atoms with Crippen molar-refractivity contribution in [2.75, 3.05) is 44.2 Å². The number of likely N-dealkylation sites (N-methyl/N-ethyl adjacent to an activating group) is 1. The lowest BCUT2D eigenvalue weighted by molar-refractivity contribution is -0.122. The van der Waals surface area contributed by atoms with E-state index in [0.29, 0.717) is 43.2 Å². The number of carbonyl (C=O) groups excluding carboxylic acids is 1. The van der Waals surface area contributed by atoms with E-state index in [1.165, 1.54) is 0 Å². The fourth-order valence-corrected chi connectivity index (χ4v) is 3.12. The summed E-state index contributed by atoms with van der Waals surface area (Å²) in [5, 5.41) is 7.65. The van der Waals surface area contributed by atoms with Crippen molar-refractivity contribution >= 4 is 22.9 Å². The molecule has 1 saturated heterocycles. The van der Waals surface area contributed by atoms with Gasteiger partial charge in [-0.1, -0.05) is 0 Å². The number of fused-ring (bicyclic) bond motifs is 1. The average molecular weight is 361 g/mol. The van der Waals surface area contributed by atoms with Crippen LogP contribution in [0.1, 0.15) is 27.7 Å². The second-order valence-electron chi connectivity index (χ2n) is 7.57. The summed E-state index contributed by atoms with van der Waals surface area (Å²) in [5.74, 6) is 0.606. The maximum absolute atomic E-state index is 12.4. The van der Waals surface area contributed by atoms with Crippen LogP contribution in [0.5, 0.6) is 0 Å². The number of hydrogen-bond acceptors (Lipinski definition) is 6. The molecule has 1 aliphatic heterocycles. The topological polar surface area (TPSA) is 99.2 Å². The number of amides is 1. The summed E-state index contributed by atoms with van der Waals surface area (Å²) in [6.45, 7) is 12.0. The molecule has 0 atom stereocenters. The minimum atomic E-state index is -0.259. The Morgan fingerprint density at radius 2 is 1.96 bits per heavy atom. The lowest BCUT2D eigenvalue weighted by Gasteiger charge is -2.34. The van der Waals surface area contributed by atoms with Crippen molar-refractivity contribution in [3.8, 4) is 0 Å². The number of carbonyl (C=O) groups is 1. The van der Waals surface area contributed by atoms with E-state index in [4.69, 9.17) is 0 Å². The Kier molecular flexibility index (Phi) is 4.99. The molecule has 0 aliphatic carbocycles. The van der Waals surface area contributed by atoms with Gasteiger partial charge in [-0.05, 0) is 27.7 Å². The highest BCUT2D eigenvalue weighted by Gasteiger charge is 2.23. The van der Waals surface area contributed by atoms with E-state index in [0.717, 1.165) is 13.1 Å². The Balaban J connectivity index is 1.77. The molecule has 0 unspecified atom stereocenters. The van der Waals surface area contributed by atoms with Gasteiger partial charge in [0.1, 0.15) is 5.39 Å². The lowest BCUT2D eigenvalue weighted by atomic mass is 10.1. The van der Waals surface area contributed by atoms with Gasteiger partial charge >= 0.3 is 0 Å². The van der Waals surface area contributed by atoms with Gasteiger partial charge in [0.25, 0.3) is 5.56 Å². The molecule has 0 bridgehead atoms. The number of rotatable bonds is 4. The van der Waals surface area contributed by atoms with Crippen LogP contribution in [0.2, 0.25) is 0 Å². The molecule has 1 aliphatic rings. The zero-order chi connectivity index (χ0) is 18.9. The third-order valence-corrected chi connectivity index (χ3v) is 4.47. The lowest BCUT2D eigenvalue weighted by Crippen LogP contribution is -2.50. The van der Waals surface area contributed by atoms with Crippen LogP contribution in [0.25, 0.3) is 11.0 Å². The Hall–Kier alpha value is -2.42. The second-order valence-corrected chi connectivity index (χ2v) is 7.57. The molecule has 2 aromatic rings. The van der Waals surface area contributed by atoms with Crippen molar-refractivity contribution < 1.29 is 4.79 Å². The summed E-state index contributed by atoms with van der Waals surface area (Å²) in [7, 11) is 0. The Morgan fingerprint density at radius 1 is 1.27 bits per heavy atom.